The Morgan fingerprint density at radius 3 is 2.59 bits per heavy atom. The van der Waals surface area contributed by atoms with E-state index in [-0.39, 0.29) is 0 Å². The molecule has 4 rings (SSSR count). The van der Waals surface area contributed by atoms with Crippen molar-refractivity contribution >= 4 is 56.6 Å². The summed E-state index contributed by atoms with van der Waals surface area (Å²) in [5.74, 6) is -0.509. The van der Waals surface area contributed by atoms with Gasteiger partial charge >= 0.3 is 6.03 Å². The highest BCUT2D eigenvalue weighted by molar-refractivity contribution is 14.1. The summed E-state index contributed by atoms with van der Waals surface area (Å²) in [6, 6.07) is 17.2. The molecule has 0 fully saturated rings. The second-order valence-corrected chi connectivity index (χ2v) is 10.4. The third kappa shape index (κ3) is 6.56. The number of urea groups is 1. The van der Waals surface area contributed by atoms with Crippen molar-refractivity contribution in [2.24, 2.45) is 5.73 Å². The summed E-state index contributed by atoms with van der Waals surface area (Å²) in [4.78, 5) is 28.2. The van der Waals surface area contributed by atoms with Crippen LogP contribution in [0.2, 0.25) is 0 Å². The average Bonchev–Trinajstić information content (AvgIpc) is 3.18. The maximum Gasteiger partial charge on any atom is 0.324 e. The lowest BCUT2D eigenvalue weighted by Gasteiger charge is -2.26. The molecule has 1 aromatic heterocycles. The Morgan fingerprint density at radius 2 is 1.85 bits per heavy atom. The van der Waals surface area contributed by atoms with Crippen LogP contribution in [0.1, 0.15) is 32.8 Å². The molecule has 0 saturated heterocycles. The van der Waals surface area contributed by atoms with Gasteiger partial charge in [0.15, 0.2) is 0 Å². The van der Waals surface area contributed by atoms with Gasteiger partial charge in [0.25, 0.3) is 5.91 Å². The number of benzene rings is 2. The molecule has 1 aliphatic heterocycles. The third-order valence-electron chi connectivity index (χ3n) is 5.59. The Balaban J connectivity index is 1.31. The van der Waals surface area contributed by atoms with E-state index in [0.29, 0.717) is 29.5 Å². The van der Waals surface area contributed by atoms with E-state index in [9.17, 15) is 9.59 Å². The van der Waals surface area contributed by atoms with Crippen molar-refractivity contribution in [3.05, 3.63) is 79.7 Å². The molecule has 4 N–H and O–H groups in total. The van der Waals surface area contributed by atoms with E-state index in [1.807, 2.05) is 42.5 Å². The average molecular weight is 590 g/mol. The number of carbonyl (C=O) groups is 2. The van der Waals surface area contributed by atoms with Gasteiger partial charge in [-0.2, -0.15) is 0 Å². The molecule has 3 aromatic rings. The lowest BCUT2D eigenvalue weighted by molar-refractivity contribution is 0.0999. The topological polar surface area (TPSA) is 96.7 Å². The second-order valence-electron chi connectivity index (χ2n) is 8.08. The Labute approximate surface area is 216 Å². The first kappa shape index (κ1) is 24.6. The minimum atomic E-state index is -0.509. The van der Waals surface area contributed by atoms with Crippen LogP contribution in [0.15, 0.2) is 54.6 Å². The van der Waals surface area contributed by atoms with Crippen LogP contribution in [0.25, 0.3) is 0 Å². The quantitative estimate of drug-likeness (QED) is 0.240. The number of nitrogens with zero attached hydrogens (tertiary/aromatic N) is 1. The lowest BCUT2D eigenvalue weighted by Crippen LogP contribution is -2.32. The minimum absolute atomic E-state index is 0.394. The summed E-state index contributed by atoms with van der Waals surface area (Å²) >= 11 is 3.64. The monoisotopic (exact) mass is 590 g/mol. The molecule has 1 aliphatic rings. The molecule has 0 aliphatic carbocycles. The summed E-state index contributed by atoms with van der Waals surface area (Å²) in [5.41, 5.74) is 8.94. The molecule has 0 bridgehead atoms. The van der Waals surface area contributed by atoms with E-state index in [0.717, 1.165) is 46.5 Å². The number of halogens is 1. The predicted molar refractivity (Wildman–Crippen MR) is 144 cm³/mol. The summed E-state index contributed by atoms with van der Waals surface area (Å²) in [5, 5.41) is 6.14. The molecule has 0 atom stereocenters. The number of carbonyl (C=O) groups excluding carboxylic acids is 2. The van der Waals surface area contributed by atoms with Gasteiger partial charge in [0, 0.05) is 40.4 Å². The Bertz CT molecular complexity index is 1140. The molecule has 0 radical (unpaired) electrons. The van der Waals surface area contributed by atoms with Gasteiger partial charge in [0.1, 0.15) is 5.00 Å². The van der Waals surface area contributed by atoms with Gasteiger partial charge in [-0.25, -0.2) is 4.79 Å². The summed E-state index contributed by atoms with van der Waals surface area (Å²) in [7, 11) is 0. The fourth-order valence-corrected chi connectivity index (χ4v) is 5.60. The zero-order valence-corrected chi connectivity index (χ0v) is 21.7. The Morgan fingerprint density at radius 1 is 1.09 bits per heavy atom. The van der Waals surface area contributed by atoms with Crippen LogP contribution >= 0.6 is 33.9 Å². The van der Waals surface area contributed by atoms with Gasteiger partial charge in [0.05, 0.1) is 12.2 Å². The fraction of sp³-hybridized carbons (Fsp3) is 0.280. The van der Waals surface area contributed by atoms with Crippen LogP contribution in [0.5, 0.6) is 0 Å². The number of amides is 3. The maximum absolute atomic E-state index is 12.5. The number of fused-ring (bicyclic) bond motifs is 1. The van der Waals surface area contributed by atoms with Crippen molar-refractivity contribution in [1.29, 1.82) is 0 Å². The molecular formula is C25H27IN4O3S. The van der Waals surface area contributed by atoms with E-state index in [4.69, 9.17) is 10.5 Å². The smallest absolute Gasteiger partial charge is 0.324 e. The lowest BCUT2D eigenvalue weighted by atomic mass is 10.0. The minimum Gasteiger partial charge on any atom is -0.377 e. The molecule has 0 spiro atoms. The van der Waals surface area contributed by atoms with E-state index >= 15 is 0 Å². The van der Waals surface area contributed by atoms with Crippen molar-refractivity contribution in [3.63, 3.8) is 0 Å². The summed E-state index contributed by atoms with van der Waals surface area (Å²) < 4.78 is 6.88. The number of anilines is 2. The predicted octanol–water partition coefficient (Wildman–Crippen LogP) is 5.06. The van der Waals surface area contributed by atoms with E-state index in [1.165, 1.54) is 16.9 Å². The zero-order valence-electron chi connectivity index (χ0n) is 18.7. The number of hydrogen-bond acceptors (Lipinski definition) is 5. The van der Waals surface area contributed by atoms with E-state index in [1.54, 1.807) is 0 Å². The van der Waals surface area contributed by atoms with Crippen LogP contribution in [-0.4, -0.2) is 36.5 Å². The molecule has 34 heavy (non-hydrogen) atoms. The molecule has 178 valence electrons. The molecule has 0 unspecified atom stereocenters. The van der Waals surface area contributed by atoms with Gasteiger partial charge in [0.2, 0.25) is 0 Å². The van der Waals surface area contributed by atoms with Crippen molar-refractivity contribution in [2.45, 2.75) is 26.0 Å². The van der Waals surface area contributed by atoms with Crippen molar-refractivity contribution in [1.82, 2.24) is 4.90 Å². The molecule has 0 saturated carbocycles. The number of nitrogens with one attached hydrogen (secondary N) is 2. The SMILES string of the molecule is NC(=O)c1c(NC(=O)Nc2ccc(I)cc2)sc2c1CCN(CCCOCc1ccccc1)C2. The molecular weight excluding hydrogens is 563 g/mol. The van der Waals surface area contributed by atoms with Gasteiger partial charge in [-0.1, -0.05) is 30.3 Å². The van der Waals surface area contributed by atoms with Crippen molar-refractivity contribution in [3.8, 4) is 0 Å². The maximum atomic E-state index is 12.5. The Kier molecular flexibility index (Phi) is 8.54. The molecule has 9 heteroatoms. The van der Waals surface area contributed by atoms with Crippen LogP contribution < -0.4 is 16.4 Å². The highest BCUT2D eigenvalue weighted by Crippen LogP contribution is 2.37. The van der Waals surface area contributed by atoms with Gasteiger partial charge in [-0.15, -0.1) is 11.3 Å². The zero-order chi connectivity index (χ0) is 23.9. The first-order valence-electron chi connectivity index (χ1n) is 11.1. The van der Waals surface area contributed by atoms with Crippen LogP contribution in [0.3, 0.4) is 0 Å². The largest absolute Gasteiger partial charge is 0.377 e. The number of hydrogen-bond donors (Lipinski definition) is 3. The van der Waals surface area contributed by atoms with E-state index < -0.39 is 11.9 Å². The normalized spacial score (nSPS) is 13.3. The molecule has 2 aromatic carbocycles. The first-order chi connectivity index (χ1) is 16.5. The molecule has 3 amide bonds. The van der Waals surface area contributed by atoms with Gasteiger partial charge in [-0.3, -0.25) is 15.0 Å². The van der Waals surface area contributed by atoms with Crippen LogP contribution in [-0.2, 0) is 24.3 Å². The highest BCUT2D eigenvalue weighted by atomic mass is 127. The molecule has 2 heterocycles. The standard InChI is InChI=1S/C25H27IN4O3S/c26-18-7-9-19(10-8-18)28-25(32)29-24-22(23(27)31)20-11-13-30(15-21(20)34-24)12-4-14-33-16-17-5-2-1-3-6-17/h1-3,5-10H,4,11-16H2,(H2,27,31)(H2,28,29,32). The fourth-order valence-electron chi connectivity index (χ4n) is 3.95. The number of ether oxygens (including phenoxy) is 1. The van der Waals surface area contributed by atoms with Crippen molar-refractivity contribution < 1.29 is 14.3 Å². The van der Waals surface area contributed by atoms with Gasteiger partial charge in [-0.05, 0) is 70.8 Å². The van der Waals surface area contributed by atoms with Crippen molar-refractivity contribution in [2.75, 3.05) is 30.3 Å². The summed E-state index contributed by atoms with van der Waals surface area (Å²) in [6.07, 6.45) is 1.66. The van der Waals surface area contributed by atoms with Gasteiger partial charge < -0.3 is 15.8 Å². The van der Waals surface area contributed by atoms with Crippen LogP contribution in [0.4, 0.5) is 15.5 Å². The molecule has 7 nitrogen and oxygen atoms in total. The number of nitrogens with two attached hydrogens (primary N) is 1. The van der Waals surface area contributed by atoms with E-state index in [2.05, 4.69) is 50.3 Å². The van der Waals surface area contributed by atoms with Crippen LogP contribution in [0, 0.1) is 3.57 Å². The number of thiophene rings is 1. The Hall–Kier alpha value is -2.47. The highest BCUT2D eigenvalue weighted by Gasteiger charge is 2.27. The second kappa shape index (κ2) is 11.8. The number of primary amides is 1. The summed E-state index contributed by atoms with van der Waals surface area (Å²) in [6.45, 7) is 3.81. The first-order valence-corrected chi connectivity index (χ1v) is 13.0. The third-order valence-corrected chi connectivity index (χ3v) is 7.44. The number of rotatable bonds is 9.